The standard InChI is InChI=1S/C22H26ClN3O5S2/c1-14(2)12-18-15(3)19(20(32-18)33(29,30)25-22(28)31-11-10-27)17-6-4-16(5-7-17)13-26-9-8-24-21(26)23/h4-9,14,27H,10-13H2,1-3H3,(H,25,28). The maximum atomic E-state index is 13.1. The molecule has 178 valence electrons. The van der Waals surface area contributed by atoms with Crippen molar-refractivity contribution in [2.75, 3.05) is 13.2 Å². The zero-order valence-corrected chi connectivity index (χ0v) is 20.9. The zero-order valence-electron chi connectivity index (χ0n) is 18.5. The number of carbonyl (C=O) groups excluding carboxylic acids is 1. The number of thiophene rings is 1. The number of sulfonamides is 1. The lowest BCUT2D eigenvalue weighted by molar-refractivity contribution is 0.124. The van der Waals surface area contributed by atoms with Crippen LogP contribution in [-0.4, -0.2) is 42.4 Å². The molecule has 0 aliphatic carbocycles. The number of hydrogen-bond donors (Lipinski definition) is 2. The van der Waals surface area contributed by atoms with Crippen molar-refractivity contribution in [3.63, 3.8) is 0 Å². The minimum absolute atomic E-state index is 0.0574. The average Bonchev–Trinajstić information content (AvgIpc) is 3.30. The maximum Gasteiger partial charge on any atom is 0.421 e. The Labute approximate surface area is 202 Å². The molecule has 1 amide bonds. The fraction of sp³-hybridized carbons (Fsp3) is 0.364. The van der Waals surface area contributed by atoms with E-state index in [0.717, 1.165) is 32.9 Å². The highest BCUT2D eigenvalue weighted by molar-refractivity contribution is 7.92. The number of aromatic nitrogens is 2. The number of aliphatic hydroxyl groups is 1. The highest BCUT2D eigenvalue weighted by Crippen LogP contribution is 2.40. The Hall–Kier alpha value is -2.40. The number of nitrogens with one attached hydrogen (secondary N) is 1. The molecule has 0 fully saturated rings. The van der Waals surface area contributed by atoms with Gasteiger partial charge in [-0.2, -0.15) is 0 Å². The van der Waals surface area contributed by atoms with Gasteiger partial charge in [-0.3, -0.25) is 0 Å². The van der Waals surface area contributed by atoms with Crippen molar-refractivity contribution in [3.8, 4) is 11.1 Å². The monoisotopic (exact) mass is 511 g/mol. The van der Waals surface area contributed by atoms with Crippen molar-refractivity contribution in [1.82, 2.24) is 14.3 Å². The molecule has 0 saturated carbocycles. The van der Waals surface area contributed by atoms with Crippen LogP contribution in [0, 0.1) is 12.8 Å². The number of aliphatic hydroxyl groups excluding tert-OH is 1. The molecule has 3 aromatic rings. The molecule has 0 atom stereocenters. The summed E-state index contributed by atoms with van der Waals surface area (Å²) in [5.41, 5.74) is 3.13. The highest BCUT2D eigenvalue weighted by atomic mass is 35.5. The number of halogens is 1. The third kappa shape index (κ3) is 6.14. The molecule has 2 aromatic heterocycles. The molecule has 0 spiro atoms. The lowest BCUT2D eigenvalue weighted by Gasteiger charge is -2.10. The molecule has 2 heterocycles. The van der Waals surface area contributed by atoms with Gasteiger partial charge in [-0.25, -0.2) is 22.9 Å². The predicted octanol–water partition coefficient (Wildman–Crippen LogP) is 4.23. The van der Waals surface area contributed by atoms with Gasteiger partial charge in [0, 0.05) is 29.4 Å². The second kappa shape index (κ2) is 10.7. The quantitative estimate of drug-likeness (QED) is 0.445. The van der Waals surface area contributed by atoms with Crippen molar-refractivity contribution in [1.29, 1.82) is 0 Å². The van der Waals surface area contributed by atoms with Crippen LogP contribution in [0.5, 0.6) is 0 Å². The number of amides is 1. The van der Waals surface area contributed by atoms with E-state index < -0.39 is 22.7 Å². The molecule has 0 radical (unpaired) electrons. The minimum Gasteiger partial charge on any atom is -0.446 e. The van der Waals surface area contributed by atoms with Gasteiger partial charge in [-0.15, -0.1) is 11.3 Å². The van der Waals surface area contributed by atoms with Crippen molar-refractivity contribution < 1.29 is 23.1 Å². The summed E-state index contributed by atoms with van der Waals surface area (Å²) in [6.07, 6.45) is 2.99. The highest BCUT2D eigenvalue weighted by Gasteiger charge is 2.28. The number of imidazole rings is 1. The van der Waals surface area contributed by atoms with E-state index in [4.69, 9.17) is 16.7 Å². The Morgan fingerprint density at radius 1 is 1.30 bits per heavy atom. The van der Waals surface area contributed by atoms with E-state index in [1.165, 1.54) is 0 Å². The van der Waals surface area contributed by atoms with Crippen LogP contribution in [0.25, 0.3) is 11.1 Å². The Morgan fingerprint density at radius 3 is 2.58 bits per heavy atom. The first kappa shape index (κ1) is 25.2. The van der Waals surface area contributed by atoms with E-state index in [9.17, 15) is 13.2 Å². The first-order valence-electron chi connectivity index (χ1n) is 10.3. The molecule has 0 aliphatic heterocycles. The number of ether oxygens (including phenoxy) is 1. The molecule has 0 bridgehead atoms. The van der Waals surface area contributed by atoms with Gasteiger partial charge >= 0.3 is 6.09 Å². The second-order valence-corrected chi connectivity index (χ2v) is 11.2. The summed E-state index contributed by atoms with van der Waals surface area (Å²) in [4.78, 5) is 16.8. The SMILES string of the molecule is Cc1c(CC(C)C)sc(S(=O)(=O)NC(=O)OCCO)c1-c1ccc(Cn2ccnc2Cl)cc1. The summed E-state index contributed by atoms with van der Waals surface area (Å²) in [5.74, 6) is 0.329. The molecule has 1 aromatic carbocycles. The van der Waals surface area contributed by atoms with Crippen LogP contribution in [0.4, 0.5) is 4.79 Å². The van der Waals surface area contributed by atoms with E-state index in [2.05, 4.69) is 23.6 Å². The van der Waals surface area contributed by atoms with Gasteiger partial charge in [-0.05, 0) is 47.6 Å². The summed E-state index contributed by atoms with van der Waals surface area (Å²) in [6.45, 7) is 5.86. The molecule has 11 heteroatoms. The summed E-state index contributed by atoms with van der Waals surface area (Å²) >= 11 is 7.21. The summed E-state index contributed by atoms with van der Waals surface area (Å²) in [5, 5.41) is 9.19. The van der Waals surface area contributed by atoms with Crippen LogP contribution < -0.4 is 4.72 Å². The van der Waals surface area contributed by atoms with E-state index in [1.807, 2.05) is 35.9 Å². The number of carbonyl (C=O) groups is 1. The molecular formula is C22H26ClN3O5S2. The molecule has 0 saturated heterocycles. The zero-order chi connectivity index (χ0) is 24.2. The fourth-order valence-corrected chi connectivity index (χ4v) is 6.56. The van der Waals surface area contributed by atoms with Crippen molar-refractivity contribution in [2.45, 2.75) is 37.9 Å². The summed E-state index contributed by atoms with van der Waals surface area (Å²) in [7, 11) is -4.18. The van der Waals surface area contributed by atoms with Gasteiger partial charge in [0.05, 0.1) is 6.61 Å². The third-order valence-electron chi connectivity index (χ3n) is 4.85. The van der Waals surface area contributed by atoms with E-state index in [1.54, 1.807) is 17.0 Å². The van der Waals surface area contributed by atoms with E-state index in [-0.39, 0.29) is 10.8 Å². The van der Waals surface area contributed by atoms with Gasteiger partial charge in [0.15, 0.2) is 0 Å². The van der Waals surface area contributed by atoms with Crippen molar-refractivity contribution in [3.05, 3.63) is 57.9 Å². The molecule has 0 unspecified atom stereocenters. The Balaban J connectivity index is 1.98. The van der Waals surface area contributed by atoms with Crippen LogP contribution in [0.1, 0.15) is 29.9 Å². The predicted molar refractivity (Wildman–Crippen MR) is 128 cm³/mol. The molecule has 2 N–H and O–H groups in total. The summed E-state index contributed by atoms with van der Waals surface area (Å²) in [6, 6.07) is 7.53. The largest absolute Gasteiger partial charge is 0.446 e. The molecule has 0 aliphatic rings. The van der Waals surface area contributed by atoms with Crippen LogP contribution in [0.3, 0.4) is 0 Å². The first-order valence-corrected chi connectivity index (χ1v) is 13.0. The number of nitrogens with zero attached hydrogens (tertiary/aromatic N) is 2. The Bertz CT molecular complexity index is 1220. The van der Waals surface area contributed by atoms with Crippen LogP contribution >= 0.6 is 22.9 Å². The lowest BCUT2D eigenvalue weighted by Crippen LogP contribution is -2.31. The first-order chi connectivity index (χ1) is 15.6. The van der Waals surface area contributed by atoms with Crippen molar-refractivity contribution in [2.24, 2.45) is 5.92 Å². The average molecular weight is 512 g/mol. The molecule has 3 rings (SSSR count). The topological polar surface area (TPSA) is 111 Å². The van der Waals surface area contributed by atoms with Gasteiger partial charge in [0.1, 0.15) is 10.8 Å². The lowest BCUT2D eigenvalue weighted by atomic mass is 9.99. The Morgan fingerprint density at radius 2 is 2.00 bits per heavy atom. The molecular weight excluding hydrogens is 486 g/mol. The smallest absolute Gasteiger partial charge is 0.421 e. The maximum absolute atomic E-state index is 13.1. The van der Waals surface area contributed by atoms with Gasteiger partial charge in [0.2, 0.25) is 5.28 Å². The van der Waals surface area contributed by atoms with Crippen molar-refractivity contribution >= 4 is 39.1 Å². The van der Waals surface area contributed by atoms with Crippen LogP contribution in [-0.2, 0) is 27.7 Å². The van der Waals surface area contributed by atoms with E-state index >= 15 is 0 Å². The number of benzene rings is 1. The number of rotatable bonds is 9. The second-order valence-electron chi connectivity index (χ2n) is 7.90. The molecule has 8 nitrogen and oxygen atoms in total. The third-order valence-corrected chi connectivity index (χ3v) is 8.31. The van der Waals surface area contributed by atoms with Crippen LogP contribution in [0.2, 0.25) is 5.28 Å². The fourth-order valence-electron chi connectivity index (χ4n) is 3.35. The number of hydrogen-bond acceptors (Lipinski definition) is 7. The van der Waals surface area contributed by atoms with E-state index in [0.29, 0.717) is 29.7 Å². The minimum atomic E-state index is -4.18. The van der Waals surface area contributed by atoms with Gasteiger partial charge in [0.25, 0.3) is 10.0 Å². The normalized spacial score (nSPS) is 11.7. The van der Waals surface area contributed by atoms with Gasteiger partial charge in [-0.1, -0.05) is 38.1 Å². The molecule has 33 heavy (non-hydrogen) atoms. The van der Waals surface area contributed by atoms with Crippen LogP contribution in [0.15, 0.2) is 40.9 Å². The van der Waals surface area contributed by atoms with Gasteiger partial charge < -0.3 is 14.4 Å². The Kier molecular flexibility index (Phi) is 8.17. The summed E-state index contributed by atoms with van der Waals surface area (Å²) < 4.78 is 34.6.